The smallest absolute Gasteiger partial charge is 0.260 e. The maximum atomic E-state index is 12.3. The highest BCUT2D eigenvalue weighted by atomic mass is 32.2. The van der Waals surface area contributed by atoms with Gasteiger partial charge < -0.3 is 10.6 Å². The molecule has 2 unspecified atom stereocenters. The van der Waals surface area contributed by atoms with Gasteiger partial charge in [-0.1, -0.05) is 6.92 Å². The molecule has 0 radical (unpaired) electrons. The molecule has 2 rings (SSSR count). The second-order valence-electron chi connectivity index (χ2n) is 5.15. The number of aromatic nitrogens is 1. The molecule has 7 heteroatoms. The third-order valence-corrected chi connectivity index (χ3v) is 4.93. The van der Waals surface area contributed by atoms with Crippen LogP contribution in [0.2, 0.25) is 0 Å². The Morgan fingerprint density at radius 2 is 2.26 bits per heavy atom. The van der Waals surface area contributed by atoms with Crippen molar-refractivity contribution in [2.45, 2.75) is 24.4 Å². The van der Waals surface area contributed by atoms with Crippen molar-refractivity contribution < 1.29 is 8.42 Å². The molecule has 0 saturated carbocycles. The summed E-state index contributed by atoms with van der Waals surface area (Å²) in [5.41, 5.74) is 5.86. The molecule has 1 aromatic heterocycles. The minimum Gasteiger partial charge on any atom is -0.396 e. The zero-order chi connectivity index (χ0) is 14.0. The van der Waals surface area contributed by atoms with Crippen LogP contribution < -0.4 is 10.5 Å². The molecular weight excluding hydrogens is 264 g/mol. The van der Waals surface area contributed by atoms with Crippen LogP contribution in [-0.4, -0.2) is 44.5 Å². The van der Waals surface area contributed by atoms with E-state index in [-0.39, 0.29) is 22.7 Å². The Kier molecular flexibility index (Phi) is 4.07. The van der Waals surface area contributed by atoms with Gasteiger partial charge in [-0.15, -0.1) is 0 Å². The van der Waals surface area contributed by atoms with Gasteiger partial charge in [0.25, 0.3) is 10.0 Å². The van der Waals surface area contributed by atoms with Gasteiger partial charge in [0.2, 0.25) is 0 Å². The van der Waals surface area contributed by atoms with Gasteiger partial charge in [0.1, 0.15) is 0 Å². The number of nitrogens with two attached hydrogens (primary N) is 1. The highest BCUT2D eigenvalue weighted by Crippen LogP contribution is 2.20. The Morgan fingerprint density at radius 1 is 1.53 bits per heavy atom. The first-order chi connectivity index (χ1) is 8.90. The first kappa shape index (κ1) is 14.2. The van der Waals surface area contributed by atoms with Crippen LogP contribution >= 0.6 is 0 Å². The SMILES string of the molecule is CC1CN(C)CCC1NS(=O)(=O)c1ncccc1N. The Morgan fingerprint density at radius 3 is 2.89 bits per heavy atom. The summed E-state index contributed by atoms with van der Waals surface area (Å²) in [5, 5.41) is -0.0823. The lowest BCUT2D eigenvalue weighted by molar-refractivity contribution is 0.188. The molecule has 0 aliphatic carbocycles. The second kappa shape index (κ2) is 5.44. The summed E-state index contributed by atoms with van der Waals surface area (Å²) in [6, 6.07) is 3.09. The van der Waals surface area contributed by atoms with Crippen LogP contribution in [0.25, 0.3) is 0 Å². The summed E-state index contributed by atoms with van der Waals surface area (Å²) >= 11 is 0. The van der Waals surface area contributed by atoms with E-state index in [1.165, 1.54) is 6.20 Å². The topological polar surface area (TPSA) is 88.3 Å². The largest absolute Gasteiger partial charge is 0.396 e. The lowest BCUT2D eigenvalue weighted by Crippen LogP contribution is -2.48. The zero-order valence-corrected chi connectivity index (χ0v) is 12.0. The van der Waals surface area contributed by atoms with Gasteiger partial charge in [-0.05, 0) is 38.1 Å². The monoisotopic (exact) mass is 284 g/mol. The van der Waals surface area contributed by atoms with Gasteiger partial charge in [-0.2, -0.15) is 0 Å². The molecule has 1 fully saturated rings. The van der Waals surface area contributed by atoms with Crippen molar-refractivity contribution >= 4 is 15.7 Å². The fourth-order valence-corrected chi connectivity index (χ4v) is 3.85. The van der Waals surface area contributed by atoms with E-state index in [2.05, 4.69) is 14.6 Å². The predicted octanol–water partition coefficient (Wildman–Crippen LogP) is 0.282. The van der Waals surface area contributed by atoms with Gasteiger partial charge >= 0.3 is 0 Å². The number of likely N-dealkylation sites (tertiary alicyclic amines) is 1. The van der Waals surface area contributed by atoms with E-state index in [1.807, 2.05) is 14.0 Å². The molecule has 3 N–H and O–H groups in total. The number of hydrogen-bond donors (Lipinski definition) is 2. The van der Waals surface area contributed by atoms with Gasteiger partial charge in [0, 0.05) is 18.8 Å². The third kappa shape index (κ3) is 3.23. The summed E-state index contributed by atoms with van der Waals surface area (Å²) < 4.78 is 27.3. The molecular formula is C12H20N4O2S. The summed E-state index contributed by atoms with van der Waals surface area (Å²) in [6.45, 7) is 3.81. The fraction of sp³-hybridized carbons (Fsp3) is 0.583. The van der Waals surface area contributed by atoms with Crippen LogP contribution in [0.5, 0.6) is 0 Å². The van der Waals surface area contributed by atoms with E-state index in [9.17, 15) is 8.42 Å². The molecule has 0 aromatic carbocycles. The summed E-state index contributed by atoms with van der Waals surface area (Å²) in [7, 11) is -1.61. The molecule has 2 atom stereocenters. The molecule has 0 bridgehead atoms. The number of nitrogens with zero attached hydrogens (tertiary/aromatic N) is 2. The molecule has 1 aliphatic heterocycles. The van der Waals surface area contributed by atoms with Gasteiger partial charge in [-0.3, -0.25) is 0 Å². The molecule has 1 aliphatic rings. The van der Waals surface area contributed by atoms with E-state index in [0.717, 1.165) is 19.5 Å². The highest BCUT2D eigenvalue weighted by Gasteiger charge is 2.30. The summed E-state index contributed by atoms with van der Waals surface area (Å²) in [5.74, 6) is 0.262. The van der Waals surface area contributed by atoms with Crippen LogP contribution in [-0.2, 0) is 10.0 Å². The summed E-state index contributed by atoms with van der Waals surface area (Å²) in [6.07, 6.45) is 2.23. The standard InChI is InChI=1S/C12H20N4O2S/c1-9-8-16(2)7-5-11(9)15-19(17,18)12-10(13)4-3-6-14-12/h3-4,6,9,11,15H,5,7-8,13H2,1-2H3. The molecule has 0 amide bonds. The average molecular weight is 284 g/mol. The molecule has 1 aromatic rings. The third-order valence-electron chi connectivity index (χ3n) is 3.47. The van der Waals surface area contributed by atoms with Gasteiger partial charge in [-0.25, -0.2) is 18.1 Å². The molecule has 1 saturated heterocycles. The Hall–Kier alpha value is -1.18. The van der Waals surface area contributed by atoms with Crippen molar-refractivity contribution in [3.05, 3.63) is 18.3 Å². The first-order valence-corrected chi connectivity index (χ1v) is 7.80. The normalized spacial score (nSPS) is 25.4. The predicted molar refractivity (Wildman–Crippen MR) is 74.0 cm³/mol. The van der Waals surface area contributed by atoms with Crippen molar-refractivity contribution in [2.24, 2.45) is 5.92 Å². The molecule has 6 nitrogen and oxygen atoms in total. The van der Waals surface area contributed by atoms with Crippen molar-refractivity contribution in [3.8, 4) is 0 Å². The number of rotatable bonds is 3. The lowest BCUT2D eigenvalue weighted by Gasteiger charge is -2.34. The van der Waals surface area contributed by atoms with E-state index >= 15 is 0 Å². The Balaban J connectivity index is 2.16. The van der Waals surface area contributed by atoms with Crippen LogP contribution in [0.1, 0.15) is 13.3 Å². The van der Waals surface area contributed by atoms with Crippen molar-refractivity contribution in [3.63, 3.8) is 0 Å². The minimum absolute atomic E-state index is 0.0670. The fourth-order valence-electron chi connectivity index (χ4n) is 2.41. The number of nitrogen functional groups attached to an aromatic ring is 1. The molecule has 19 heavy (non-hydrogen) atoms. The van der Waals surface area contributed by atoms with Crippen molar-refractivity contribution in [1.29, 1.82) is 0 Å². The number of pyridine rings is 1. The number of anilines is 1. The van der Waals surface area contributed by atoms with Crippen LogP contribution in [0.4, 0.5) is 5.69 Å². The van der Waals surface area contributed by atoms with Crippen LogP contribution in [0.3, 0.4) is 0 Å². The Bertz CT molecular complexity index is 546. The van der Waals surface area contributed by atoms with E-state index in [4.69, 9.17) is 5.73 Å². The number of sulfonamides is 1. The molecule has 0 spiro atoms. The quantitative estimate of drug-likeness (QED) is 0.832. The van der Waals surface area contributed by atoms with Gasteiger partial charge in [0.05, 0.1) is 5.69 Å². The molecule has 106 valence electrons. The maximum absolute atomic E-state index is 12.3. The maximum Gasteiger partial charge on any atom is 0.260 e. The lowest BCUT2D eigenvalue weighted by atomic mass is 9.95. The summed E-state index contributed by atoms with van der Waals surface area (Å²) in [4.78, 5) is 6.07. The van der Waals surface area contributed by atoms with Crippen LogP contribution in [0, 0.1) is 5.92 Å². The highest BCUT2D eigenvalue weighted by molar-refractivity contribution is 7.89. The van der Waals surface area contributed by atoms with Crippen molar-refractivity contribution in [1.82, 2.24) is 14.6 Å². The van der Waals surface area contributed by atoms with Crippen molar-refractivity contribution in [2.75, 3.05) is 25.9 Å². The number of hydrogen-bond acceptors (Lipinski definition) is 5. The van der Waals surface area contributed by atoms with E-state index in [0.29, 0.717) is 0 Å². The van der Waals surface area contributed by atoms with Crippen LogP contribution in [0.15, 0.2) is 23.4 Å². The number of nitrogens with one attached hydrogen (secondary N) is 1. The van der Waals surface area contributed by atoms with E-state index in [1.54, 1.807) is 12.1 Å². The second-order valence-corrected chi connectivity index (χ2v) is 6.78. The van der Waals surface area contributed by atoms with E-state index < -0.39 is 10.0 Å². The Labute approximate surface area is 114 Å². The number of piperidine rings is 1. The van der Waals surface area contributed by atoms with Gasteiger partial charge in [0.15, 0.2) is 5.03 Å². The molecule has 2 heterocycles. The average Bonchev–Trinajstić information content (AvgIpc) is 2.33. The minimum atomic E-state index is -3.65. The zero-order valence-electron chi connectivity index (χ0n) is 11.2. The first-order valence-electron chi connectivity index (χ1n) is 6.31.